The summed E-state index contributed by atoms with van der Waals surface area (Å²) in [6, 6.07) is 22.8. The zero-order valence-corrected chi connectivity index (χ0v) is 21.3. The summed E-state index contributed by atoms with van der Waals surface area (Å²) in [7, 11) is 1.51. The smallest absolute Gasteiger partial charge is 0.264 e. The number of rotatable bonds is 7. The maximum absolute atomic E-state index is 13.1. The maximum Gasteiger partial charge on any atom is 0.264 e. The van der Waals surface area contributed by atoms with E-state index < -0.39 is 0 Å². The molecule has 0 saturated carbocycles. The Morgan fingerprint density at radius 2 is 1.72 bits per heavy atom. The van der Waals surface area contributed by atoms with Gasteiger partial charge in [-0.05, 0) is 53.6 Å². The van der Waals surface area contributed by atoms with Crippen LogP contribution in [0.2, 0.25) is 10.0 Å². The summed E-state index contributed by atoms with van der Waals surface area (Å²) < 4.78 is 11.4. The first-order valence-corrected chi connectivity index (χ1v) is 12.2. The van der Waals surface area contributed by atoms with Crippen LogP contribution in [0.4, 0.5) is 5.69 Å². The fraction of sp³-hybridized carbons (Fsp3) is 0.214. The van der Waals surface area contributed by atoms with Crippen LogP contribution in [0.5, 0.6) is 11.5 Å². The van der Waals surface area contributed by atoms with Gasteiger partial charge in [0, 0.05) is 36.9 Å². The van der Waals surface area contributed by atoms with Gasteiger partial charge in [-0.15, -0.1) is 0 Å². The molecule has 1 aliphatic heterocycles. The van der Waals surface area contributed by atoms with Gasteiger partial charge in [-0.3, -0.25) is 4.79 Å². The summed E-state index contributed by atoms with van der Waals surface area (Å²) in [6.07, 6.45) is 1.53. The van der Waals surface area contributed by atoms with Crippen LogP contribution in [0, 0.1) is 11.3 Å². The minimum atomic E-state index is -0.302. The lowest BCUT2D eigenvalue weighted by atomic mass is 10.1. The SMILES string of the molecule is COc1cc(/C=C(/C#N)C(=O)N2CCN(c3ccccc3)CC2)cc(Cl)c1OCc1ccc(Cl)cc1. The Labute approximate surface area is 220 Å². The summed E-state index contributed by atoms with van der Waals surface area (Å²) >= 11 is 12.4. The van der Waals surface area contributed by atoms with Crippen molar-refractivity contribution in [3.63, 3.8) is 0 Å². The third-order valence-corrected chi connectivity index (χ3v) is 6.43. The normalized spacial score (nSPS) is 13.8. The third-order valence-electron chi connectivity index (χ3n) is 5.90. The molecule has 1 fully saturated rings. The van der Waals surface area contributed by atoms with Crippen molar-refractivity contribution in [2.45, 2.75) is 6.61 Å². The number of piperazine rings is 1. The van der Waals surface area contributed by atoms with Gasteiger partial charge in [0.1, 0.15) is 18.2 Å². The lowest BCUT2D eigenvalue weighted by Gasteiger charge is -2.36. The third kappa shape index (κ3) is 6.12. The molecule has 6 nitrogen and oxygen atoms in total. The van der Waals surface area contributed by atoms with Gasteiger partial charge in [0.05, 0.1) is 12.1 Å². The van der Waals surface area contributed by atoms with Crippen LogP contribution in [0.25, 0.3) is 6.08 Å². The van der Waals surface area contributed by atoms with E-state index >= 15 is 0 Å². The molecule has 184 valence electrons. The number of carbonyl (C=O) groups excluding carboxylic acids is 1. The Morgan fingerprint density at radius 3 is 2.36 bits per heavy atom. The number of carbonyl (C=O) groups is 1. The van der Waals surface area contributed by atoms with E-state index in [1.165, 1.54) is 13.2 Å². The average molecular weight is 522 g/mol. The number of benzene rings is 3. The van der Waals surface area contributed by atoms with Crippen molar-refractivity contribution in [1.29, 1.82) is 5.26 Å². The summed E-state index contributed by atoms with van der Waals surface area (Å²) in [6.45, 7) is 2.75. The molecule has 1 amide bonds. The van der Waals surface area contributed by atoms with Crippen molar-refractivity contribution < 1.29 is 14.3 Å². The number of halogens is 2. The minimum Gasteiger partial charge on any atom is -0.493 e. The molecule has 36 heavy (non-hydrogen) atoms. The fourth-order valence-corrected chi connectivity index (χ4v) is 4.38. The molecule has 0 spiro atoms. The van der Waals surface area contributed by atoms with Gasteiger partial charge in [0.25, 0.3) is 5.91 Å². The van der Waals surface area contributed by atoms with E-state index in [4.69, 9.17) is 32.7 Å². The Morgan fingerprint density at radius 1 is 1.03 bits per heavy atom. The second kappa shape index (κ2) is 11.9. The predicted octanol–water partition coefficient (Wildman–Crippen LogP) is 5.84. The minimum absolute atomic E-state index is 0.0381. The molecule has 0 aliphatic carbocycles. The van der Waals surface area contributed by atoms with Gasteiger partial charge in [0.2, 0.25) is 0 Å². The molecule has 0 radical (unpaired) electrons. The first-order chi connectivity index (χ1) is 17.5. The molecule has 0 N–H and O–H groups in total. The number of amides is 1. The highest BCUT2D eigenvalue weighted by Gasteiger charge is 2.24. The molecule has 3 aromatic carbocycles. The van der Waals surface area contributed by atoms with E-state index in [0.29, 0.717) is 53.3 Å². The van der Waals surface area contributed by atoms with Crippen LogP contribution in [0.1, 0.15) is 11.1 Å². The molecular formula is C28H25Cl2N3O3. The number of nitrogens with zero attached hydrogens (tertiary/aromatic N) is 3. The van der Waals surface area contributed by atoms with Crippen LogP contribution in [0.3, 0.4) is 0 Å². The Bertz CT molecular complexity index is 1280. The molecule has 1 saturated heterocycles. The maximum atomic E-state index is 13.1. The topological polar surface area (TPSA) is 65.8 Å². The van der Waals surface area contributed by atoms with E-state index in [9.17, 15) is 10.1 Å². The summed E-state index contributed by atoms with van der Waals surface area (Å²) in [5, 5.41) is 10.7. The number of ether oxygens (including phenoxy) is 2. The van der Waals surface area contributed by atoms with Gasteiger partial charge < -0.3 is 19.3 Å². The number of hydrogen-bond acceptors (Lipinski definition) is 5. The number of hydrogen-bond donors (Lipinski definition) is 0. The monoisotopic (exact) mass is 521 g/mol. The molecule has 1 aliphatic rings. The van der Waals surface area contributed by atoms with Crippen molar-refractivity contribution in [2.24, 2.45) is 0 Å². The van der Waals surface area contributed by atoms with Crippen LogP contribution >= 0.6 is 23.2 Å². The molecular weight excluding hydrogens is 497 g/mol. The molecule has 1 heterocycles. The van der Waals surface area contributed by atoms with E-state index in [2.05, 4.69) is 17.0 Å². The summed E-state index contributed by atoms with van der Waals surface area (Å²) in [4.78, 5) is 17.0. The van der Waals surface area contributed by atoms with E-state index in [-0.39, 0.29) is 18.1 Å². The first-order valence-electron chi connectivity index (χ1n) is 11.4. The average Bonchev–Trinajstić information content (AvgIpc) is 2.92. The fourth-order valence-electron chi connectivity index (χ4n) is 3.98. The Balaban J connectivity index is 1.46. The van der Waals surface area contributed by atoms with Crippen LogP contribution in [0.15, 0.2) is 72.3 Å². The van der Waals surface area contributed by atoms with Crippen LogP contribution in [-0.2, 0) is 11.4 Å². The molecule has 0 bridgehead atoms. The summed E-state index contributed by atoms with van der Waals surface area (Å²) in [5.41, 5.74) is 2.66. The Hall–Kier alpha value is -3.66. The van der Waals surface area contributed by atoms with Gasteiger partial charge in [-0.25, -0.2) is 0 Å². The first kappa shape index (κ1) is 25.4. The highest BCUT2D eigenvalue weighted by molar-refractivity contribution is 6.32. The predicted molar refractivity (Wildman–Crippen MR) is 143 cm³/mol. The highest BCUT2D eigenvalue weighted by atomic mass is 35.5. The van der Waals surface area contributed by atoms with E-state index in [1.807, 2.05) is 36.4 Å². The van der Waals surface area contributed by atoms with Crippen molar-refractivity contribution in [1.82, 2.24) is 4.90 Å². The highest BCUT2D eigenvalue weighted by Crippen LogP contribution is 2.37. The van der Waals surface area contributed by atoms with Gasteiger partial charge >= 0.3 is 0 Å². The number of nitriles is 1. The second-order valence-corrected chi connectivity index (χ2v) is 9.08. The molecule has 0 atom stereocenters. The number of para-hydroxylation sites is 1. The van der Waals surface area contributed by atoms with Crippen molar-refractivity contribution >= 4 is 40.9 Å². The van der Waals surface area contributed by atoms with E-state index in [0.717, 1.165) is 11.3 Å². The lowest BCUT2D eigenvalue weighted by Crippen LogP contribution is -2.49. The van der Waals surface area contributed by atoms with Crippen molar-refractivity contribution in [3.05, 3.63) is 93.5 Å². The zero-order chi connectivity index (χ0) is 25.5. The molecule has 0 unspecified atom stereocenters. The Kier molecular flexibility index (Phi) is 8.37. The largest absolute Gasteiger partial charge is 0.493 e. The zero-order valence-electron chi connectivity index (χ0n) is 19.8. The van der Waals surface area contributed by atoms with Crippen molar-refractivity contribution in [2.75, 3.05) is 38.2 Å². The van der Waals surface area contributed by atoms with Crippen LogP contribution in [-0.4, -0.2) is 44.1 Å². The molecule has 8 heteroatoms. The number of methoxy groups -OCH3 is 1. The standard InChI is InChI=1S/C28H25Cl2N3O3/c1-35-26-17-21(16-25(30)27(26)36-19-20-7-9-23(29)10-8-20)15-22(18-31)28(34)33-13-11-32(12-14-33)24-5-3-2-4-6-24/h2-10,15-17H,11-14,19H2,1H3/b22-15-. The quantitative estimate of drug-likeness (QED) is 0.288. The van der Waals surface area contributed by atoms with Gasteiger partial charge in [0.15, 0.2) is 11.5 Å². The molecule has 4 rings (SSSR count). The summed E-state index contributed by atoms with van der Waals surface area (Å²) in [5.74, 6) is 0.487. The van der Waals surface area contributed by atoms with Crippen molar-refractivity contribution in [3.8, 4) is 17.6 Å². The second-order valence-electron chi connectivity index (χ2n) is 8.23. The lowest BCUT2D eigenvalue weighted by molar-refractivity contribution is -0.126. The van der Waals surface area contributed by atoms with Gasteiger partial charge in [-0.2, -0.15) is 5.26 Å². The van der Waals surface area contributed by atoms with E-state index in [1.54, 1.807) is 29.2 Å². The number of anilines is 1. The molecule has 0 aromatic heterocycles. The van der Waals surface area contributed by atoms with Gasteiger partial charge in [-0.1, -0.05) is 53.5 Å². The van der Waals surface area contributed by atoms with Crippen LogP contribution < -0.4 is 14.4 Å². The molecule has 3 aromatic rings.